The molecule has 0 atom stereocenters. The highest BCUT2D eigenvalue weighted by molar-refractivity contribution is 5.86. The van der Waals surface area contributed by atoms with Crippen molar-refractivity contribution in [1.29, 1.82) is 0 Å². The van der Waals surface area contributed by atoms with Crippen LogP contribution in [-0.2, 0) is 9.53 Å². The Morgan fingerprint density at radius 3 is 1.32 bits per heavy atom. The number of rotatable bonds is 19. The van der Waals surface area contributed by atoms with E-state index in [4.69, 9.17) is 4.74 Å². The third-order valence-corrected chi connectivity index (χ3v) is 5.05. The van der Waals surface area contributed by atoms with Gasteiger partial charge in [-0.3, -0.25) is 0 Å². The predicted molar refractivity (Wildman–Crippen MR) is 118 cm³/mol. The monoisotopic (exact) mass is 417 g/mol. The maximum absolute atomic E-state index is 11.2. The zero-order chi connectivity index (χ0) is 20.4. The average molecular weight is 418 g/mol. The lowest BCUT2D eigenvalue weighted by atomic mass is 10.0. The Labute approximate surface area is 182 Å². The van der Waals surface area contributed by atoms with Gasteiger partial charge >= 0.3 is 5.97 Å². The van der Waals surface area contributed by atoms with Gasteiger partial charge in [-0.15, -0.1) is 0 Å². The fraction of sp³-hybridized carbons (Fsp3) is 0.875. The fourth-order valence-electron chi connectivity index (χ4n) is 3.27. The summed E-state index contributed by atoms with van der Waals surface area (Å²) in [4.78, 5) is 11.2. The second-order valence-electron chi connectivity index (χ2n) is 9.23. The lowest BCUT2D eigenvalue weighted by Crippen LogP contribution is -3.00. The highest BCUT2D eigenvalue weighted by Crippen LogP contribution is 2.13. The summed E-state index contributed by atoms with van der Waals surface area (Å²) in [6.07, 6.45) is 20.2. The van der Waals surface area contributed by atoms with Crippen molar-refractivity contribution < 1.29 is 26.4 Å². The molecule has 0 saturated carbocycles. The number of ether oxygens (including phenoxy) is 1. The smallest absolute Gasteiger partial charge is 0.333 e. The number of hydrogen-bond donors (Lipinski definition) is 0. The Morgan fingerprint density at radius 2 is 1.00 bits per heavy atom. The van der Waals surface area contributed by atoms with E-state index in [1.165, 1.54) is 90.0 Å². The maximum Gasteiger partial charge on any atom is 0.333 e. The van der Waals surface area contributed by atoms with Crippen LogP contribution in [0.15, 0.2) is 12.2 Å². The SMILES string of the molecule is C=C(C)C(=O)OCCCCCCCCCCCCCCCCC[N+](C)(C)C.[Cl-]. The molecular formula is C24H48ClNO2. The molecule has 168 valence electrons. The van der Waals surface area contributed by atoms with E-state index >= 15 is 0 Å². The number of hydrogen-bond acceptors (Lipinski definition) is 2. The second-order valence-corrected chi connectivity index (χ2v) is 9.23. The molecule has 0 aliphatic heterocycles. The van der Waals surface area contributed by atoms with E-state index in [1.807, 2.05) is 0 Å². The summed E-state index contributed by atoms with van der Waals surface area (Å²) in [5.41, 5.74) is 0.491. The third kappa shape index (κ3) is 23.5. The zero-order valence-corrected chi connectivity index (χ0v) is 20.1. The molecule has 0 radical (unpaired) electrons. The topological polar surface area (TPSA) is 26.3 Å². The minimum Gasteiger partial charge on any atom is -1.00 e. The lowest BCUT2D eigenvalue weighted by Gasteiger charge is -2.23. The highest BCUT2D eigenvalue weighted by atomic mass is 35.5. The van der Waals surface area contributed by atoms with E-state index in [-0.39, 0.29) is 18.4 Å². The molecule has 0 saturated heterocycles. The van der Waals surface area contributed by atoms with Crippen molar-refractivity contribution in [2.75, 3.05) is 34.3 Å². The Balaban J connectivity index is 0. The summed E-state index contributed by atoms with van der Waals surface area (Å²) in [6.45, 7) is 7.12. The van der Waals surface area contributed by atoms with Crippen LogP contribution in [0.25, 0.3) is 0 Å². The summed E-state index contributed by atoms with van der Waals surface area (Å²) < 4.78 is 6.20. The van der Waals surface area contributed by atoms with Crippen molar-refractivity contribution in [3.8, 4) is 0 Å². The summed E-state index contributed by atoms with van der Waals surface area (Å²) in [5.74, 6) is -0.255. The zero-order valence-electron chi connectivity index (χ0n) is 19.4. The van der Waals surface area contributed by atoms with Crippen LogP contribution < -0.4 is 12.4 Å². The van der Waals surface area contributed by atoms with Crippen LogP contribution in [0.2, 0.25) is 0 Å². The van der Waals surface area contributed by atoms with Gasteiger partial charge in [0.1, 0.15) is 0 Å². The minimum absolute atomic E-state index is 0. The quantitative estimate of drug-likeness (QED) is 0.139. The number of nitrogens with zero attached hydrogens (tertiary/aromatic N) is 1. The summed E-state index contributed by atoms with van der Waals surface area (Å²) in [7, 11) is 6.85. The van der Waals surface area contributed by atoms with Crippen LogP contribution in [0.1, 0.15) is 103 Å². The molecule has 28 heavy (non-hydrogen) atoms. The van der Waals surface area contributed by atoms with Gasteiger partial charge in [-0.1, -0.05) is 83.6 Å². The van der Waals surface area contributed by atoms with Gasteiger partial charge in [-0.05, 0) is 26.2 Å². The van der Waals surface area contributed by atoms with Crippen molar-refractivity contribution in [1.82, 2.24) is 0 Å². The Morgan fingerprint density at radius 1 is 0.679 bits per heavy atom. The van der Waals surface area contributed by atoms with Gasteiger partial charge in [0.05, 0.1) is 34.3 Å². The molecule has 0 fully saturated rings. The normalized spacial score (nSPS) is 11.1. The van der Waals surface area contributed by atoms with E-state index in [0.717, 1.165) is 17.3 Å². The van der Waals surface area contributed by atoms with Crippen LogP contribution >= 0.6 is 0 Å². The van der Waals surface area contributed by atoms with Crippen LogP contribution in [-0.4, -0.2) is 44.7 Å². The van der Waals surface area contributed by atoms with Crippen LogP contribution in [0.3, 0.4) is 0 Å². The molecule has 3 nitrogen and oxygen atoms in total. The first kappa shape index (κ1) is 29.7. The van der Waals surface area contributed by atoms with Gasteiger partial charge in [-0.2, -0.15) is 0 Å². The summed E-state index contributed by atoms with van der Waals surface area (Å²) in [5, 5.41) is 0. The van der Waals surface area contributed by atoms with Gasteiger partial charge < -0.3 is 21.6 Å². The molecule has 0 spiro atoms. The Kier molecular flexibility index (Phi) is 20.9. The van der Waals surface area contributed by atoms with Crippen LogP contribution in [0, 0.1) is 0 Å². The predicted octanol–water partition coefficient (Wildman–Crippen LogP) is 3.67. The fourth-order valence-corrected chi connectivity index (χ4v) is 3.27. The number of quaternary nitrogens is 1. The number of halogens is 1. The average Bonchev–Trinajstić information content (AvgIpc) is 2.59. The van der Waals surface area contributed by atoms with Gasteiger partial charge in [0.15, 0.2) is 0 Å². The second kappa shape index (κ2) is 19.8. The van der Waals surface area contributed by atoms with Crippen molar-refractivity contribution in [3.05, 3.63) is 12.2 Å². The Hall–Kier alpha value is -0.540. The lowest BCUT2D eigenvalue weighted by molar-refractivity contribution is -0.870. The molecule has 0 unspecified atom stereocenters. The molecule has 0 aliphatic carbocycles. The first-order valence-corrected chi connectivity index (χ1v) is 11.5. The van der Waals surface area contributed by atoms with Crippen molar-refractivity contribution in [2.24, 2.45) is 0 Å². The van der Waals surface area contributed by atoms with E-state index < -0.39 is 0 Å². The molecule has 0 bridgehead atoms. The standard InChI is InChI=1S/C24H48NO2.ClH/c1-23(2)24(26)27-22-20-18-16-14-12-10-8-6-7-9-11-13-15-17-19-21-25(3,4)5;/h1,6-22H2,2-5H3;1H/q+1;/p-1. The number of unbranched alkanes of at least 4 members (excludes halogenated alkanes) is 14. The summed E-state index contributed by atoms with van der Waals surface area (Å²) in [6, 6.07) is 0. The van der Waals surface area contributed by atoms with Crippen molar-refractivity contribution >= 4 is 5.97 Å². The molecule has 0 amide bonds. The van der Waals surface area contributed by atoms with E-state index in [1.54, 1.807) is 6.92 Å². The van der Waals surface area contributed by atoms with E-state index in [0.29, 0.717) is 12.2 Å². The van der Waals surface area contributed by atoms with E-state index in [9.17, 15) is 4.79 Å². The highest BCUT2D eigenvalue weighted by Gasteiger charge is 2.05. The first-order chi connectivity index (χ1) is 12.8. The third-order valence-electron chi connectivity index (χ3n) is 5.05. The molecule has 0 aromatic carbocycles. The Bertz CT molecular complexity index is 377. The molecule has 0 aliphatic rings. The molecule has 0 aromatic heterocycles. The van der Waals surface area contributed by atoms with Crippen molar-refractivity contribution in [3.63, 3.8) is 0 Å². The number of carbonyl (C=O) groups excluding carboxylic acids is 1. The largest absolute Gasteiger partial charge is 1.00 e. The summed E-state index contributed by atoms with van der Waals surface area (Å²) >= 11 is 0. The molecule has 0 heterocycles. The van der Waals surface area contributed by atoms with Crippen LogP contribution in [0.5, 0.6) is 0 Å². The molecular weight excluding hydrogens is 370 g/mol. The maximum atomic E-state index is 11.2. The molecule has 0 N–H and O–H groups in total. The van der Waals surface area contributed by atoms with Crippen LogP contribution in [0.4, 0.5) is 0 Å². The number of carbonyl (C=O) groups is 1. The van der Waals surface area contributed by atoms with E-state index in [2.05, 4.69) is 27.7 Å². The van der Waals surface area contributed by atoms with Gasteiger partial charge in [0.25, 0.3) is 0 Å². The van der Waals surface area contributed by atoms with Crippen molar-refractivity contribution in [2.45, 2.75) is 103 Å². The van der Waals surface area contributed by atoms with Gasteiger partial charge in [-0.25, -0.2) is 4.79 Å². The molecule has 4 heteroatoms. The minimum atomic E-state index is -0.255. The first-order valence-electron chi connectivity index (χ1n) is 11.5. The molecule has 0 aromatic rings. The van der Waals surface area contributed by atoms with Gasteiger partial charge in [0.2, 0.25) is 0 Å². The molecule has 0 rings (SSSR count). The number of esters is 1. The van der Waals surface area contributed by atoms with Gasteiger partial charge in [0, 0.05) is 5.57 Å².